The minimum absolute atomic E-state index is 0. The third-order valence-electron chi connectivity index (χ3n) is 5.01. The molecule has 1 atom stereocenters. The van der Waals surface area contributed by atoms with Crippen LogP contribution in [0.15, 0.2) is 29.3 Å². The number of fused-ring (bicyclic) bond motifs is 1. The molecule has 2 N–H and O–H groups in total. The van der Waals surface area contributed by atoms with Crippen LogP contribution in [0.3, 0.4) is 0 Å². The molecule has 1 saturated heterocycles. The van der Waals surface area contributed by atoms with E-state index in [4.69, 9.17) is 9.47 Å². The lowest BCUT2D eigenvalue weighted by atomic mass is 10.00. The van der Waals surface area contributed by atoms with Crippen LogP contribution < -0.4 is 10.6 Å². The second kappa shape index (κ2) is 12.5. The van der Waals surface area contributed by atoms with E-state index in [0.717, 1.165) is 77.8 Å². The summed E-state index contributed by atoms with van der Waals surface area (Å²) in [7, 11) is 1.82. The number of guanidine groups is 1. The molecule has 0 saturated carbocycles. The highest BCUT2D eigenvalue weighted by Crippen LogP contribution is 2.17. The van der Waals surface area contributed by atoms with Crippen molar-refractivity contribution in [2.45, 2.75) is 31.9 Å². The smallest absolute Gasteiger partial charge is 0.191 e. The molecule has 0 spiro atoms. The molecule has 2 aliphatic rings. The maximum atomic E-state index is 5.78. The van der Waals surface area contributed by atoms with Crippen molar-refractivity contribution in [1.29, 1.82) is 0 Å². The number of nitrogens with one attached hydrogen (secondary N) is 2. The Morgan fingerprint density at radius 2 is 2.07 bits per heavy atom. The van der Waals surface area contributed by atoms with Crippen molar-refractivity contribution in [2.24, 2.45) is 4.99 Å². The van der Waals surface area contributed by atoms with Gasteiger partial charge in [0.25, 0.3) is 0 Å². The average Bonchev–Trinajstić information content (AvgIpc) is 3.19. The zero-order valence-corrected chi connectivity index (χ0v) is 18.6. The van der Waals surface area contributed by atoms with Crippen molar-refractivity contribution in [3.8, 4) is 0 Å². The number of hydrogen-bond acceptors (Lipinski definition) is 4. The molecule has 7 heteroatoms. The molecule has 2 heterocycles. The van der Waals surface area contributed by atoms with Crippen molar-refractivity contribution < 1.29 is 9.47 Å². The summed E-state index contributed by atoms with van der Waals surface area (Å²) in [6.45, 7) is 7.33. The molecule has 1 aromatic rings. The molecule has 1 unspecified atom stereocenters. The molecule has 0 bridgehead atoms. The molecule has 0 radical (unpaired) electrons. The van der Waals surface area contributed by atoms with Gasteiger partial charge >= 0.3 is 0 Å². The molecule has 6 nitrogen and oxygen atoms in total. The van der Waals surface area contributed by atoms with Gasteiger partial charge in [0.15, 0.2) is 5.96 Å². The van der Waals surface area contributed by atoms with E-state index in [0.29, 0.717) is 6.10 Å². The number of benzene rings is 1. The van der Waals surface area contributed by atoms with Gasteiger partial charge in [0.05, 0.1) is 12.7 Å². The summed E-state index contributed by atoms with van der Waals surface area (Å²) in [5.41, 5.74) is 2.97. The van der Waals surface area contributed by atoms with Gasteiger partial charge in [-0.05, 0) is 30.4 Å². The predicted octanol–water partition coefficient (Wildman–Crippen LogP) is 2.02. The summed E-state index contributed by atoms with van der Waals surface area (Å²) in [6.07, 6.45) is 3.44. The van der Waals surface area contributed by atoms with E-state index in [1.165, 1.54) is 11.1 Å². The van der Waals surface area contributed by atoms with Crippen LogP contribution in [0.5, 0.6) is 0 Å². The van der Waals surface area contributed by atoms with Gasteiger partial charge in [-0.2, -0.15) is 0 Å². The summed E-state index contributed by atoms with van der Waals surface area (Å²) in [6, 6.07) is 8.77. The molecular weight excluding hydrogens is 455 g/mol. The second-order valence-corrected chi connectivity index (χ2v) is 6.93. The first-order chi connectivity index (χ1) is 12.8. The van der Waals surface area contributed by atoms with Crippen molar-refractivity contribution >= 4 is 29.9 Å². The highest BCUT2D eigenvalue weighted by Gasteiger charge is 2.16. The Bertz CT molecular complexity index is 579. The summed E-state index contributed by atoms with van der Waals surface area (Å²) < 4.78 is 11.1. The largest absolute Gasteiger partial charge is 0.379 e. The molecule has 27 heavy (non-hydrogen) atoms. The zero-order valence-electron chi connectivity index (χ0n) is 16.3. The van der Waals surface area contributed by atoms with Gasteiger partial charge in [0.2, 0.25) is 0 Å². The number of hydrogen-bond donors (Lipinski definition) is 2. The van der Waals surface area contributed by atoms with Crippen molar-refractivity contribution in [1.82, 2.24) is 15.5 Å². The van der Waals surface area contributed by atoms with Crippen molar-refractivity contribution in [3.05, 3.63) is 35.4 Å². The summed E-state index contributed by atoms with van der Waals surface area (Å²) in [4.78, 5) is 6.80. The van der Waals surface area contributed by atoms with Crippen LogP contribution >= 0.6 is 24.0 Å². The maximum Gasteiger partial charge on any atom is 0.191 e. The number of ether oxygens (including phenoxy) is 2. The van der Waals surface area contributed by atoms with Crippen LogP contribution in [0.25, 0.3) is 0 Å². The van der Waals surface area contributed by atoms with Crippen LogP contribution in [-0.2, 0) is 22.4 Å². The SMILES string of the molecule is CN=C(NCCCOC1CCOC1)NCCN1CCc2ccccc2C1.I. The Balaban J connectivity index is 0.00000261. The highest BCUT2D eigenvalue weighted by molar-refractivity contribution is 14.0. The van der Waals surface area contributed by atoms with Crippen LogP contribution in [0.4, 0.5) is 0 Å². The lowest BCUT2D eigenvalue weighted by Crippen LogP contribution is -2.43. The van der Waals surface area contributed by atoms with Crippen molar-refractivity contribution in [2.75, 3.05) is 53.0 Å². The fourth-order valence-corrected chi connectivity index (χ4v) is 3.47. The standard InChI is InChI=1S/C20H32N4O2.HI/c1-21-20(22-9-4-13-26-19-8-14-25-16-19)23-10-12-24-11-7-17-5-2-3-6-18(17)15-24;/h2-3,5-6,19H,4,7-16H2,1H3,(H2,21,22,23);1H. The Morgan fingerprint density at radius 3 is 2.85 bits per heavy atom. The molecule has 0 aliphatic carbocycles. The van der Waals surface area contributed by atoms with Gasteiger partial charge in [-0.25, -0.2) is 0 Å². The second-order valence-electron chi connectivity index (χ2n) is 6.93. The van der Waals surface area contributed by atoms with Crippen LogP contribution in [0.1, 0.15) is 24.0 Å². The van der Waals surface area contributed by atoms with E-state index in [2.05, 4.69) is 44.8 Å². The summed E-state index contributed by atoms with van der Waals surface area (Å²) in [5, 5.41) is 6.77. The van der Waals surface area contributed by atoms with E-state index in [-0.39, 0.29) is 24.0 Å². The first-order valence-electron chi connectivity index (χ1n) is 9.78. The van der Waals surface area contributed by atoms with Gasteiger partial charge in [-0.3, -0.25) is 9.89 Å². The van der Waals surface area contributed by atoms with Crippen LogP contribution in [-0.4, -0.2) is 70.0 Å². The Kier molecular flexibility index (Phi) is 10.4. The minimum atomic E-state index is 0. The van der Waals surface area contributed by atoms with Crippen LogP contribution in [0, 0.1) is 0 Å². The monoisotopic (exact) mass is 488 g/mol. The van der Waals surface area contributed by atoms with E-state index in [1.54, 1.807) is 0 Å². The number of rotatable bonds is 8. The molecule has 1 fully saturated rings. The number of nitrogens with zero attached hydrogens (tertiary/aromatic N) is 2. The third kappa shape index (κ3) is 7.56. The van der Waals surface area contributed by atoms with Crippen LogP contribution in [0.2, 0.25) is 0 Å². The van der Waals surface area contributed by atoms with Gasteiger partial charge in [-0.1, -0.05) is 24.3 Å². The van der Waals surface area contributed by atoms with E-state index in [9.17, 15) is 0 Å². The van der Waals surface area contributed by atoms with E-state index >= 15 is 0 Å². The predicted molar refractivity (Wildman–Crippen MR) is 120 cm³/mol. The number of halogens is 1. The summed E-state index contributed by atoms with van der Waals surface area (Å²) >= 11 is 0. The Morgan fingerprint density at radius 1 is 1.26 bits per heavy atom. The molecule has 2 aliphatic heterocycles. The summed E-state index contributed by atoms with van der Waals surface area (Å²) in [5.74, 6) is 0.867. The van der Waals surface area contributed by atoms with Gasteiger partial charge in [0, 0.05) is 53.0 Å². The van der Waals surface area contributed by atoms with Gasteiger partial charge in [-0.15, -0.1) is 24.0 Å². The van der Waals surface area contributed by atoms with E-state index in [1.807, 2.05) is 7.05 Å². The molecule has 3 rings (SSSR count). The molecule has 0 aromatic heterocycles. The first kappa shape index (κ1) is 22.4. The molecule has 152 valence electrons. The fraction of sp³-hybridized carbons (Fsp3) is 0.650. The first-order valence-corrected chi connectivity index (χ1v) is 9.78. The minimum Gasteiger partial charge on any atom is -0.379 e. The van der Waals surface area contributed by atoms with E-state index < -0.39 is 0 Å². The lowest BCUT2D eigenvalue weighted by molar-refractivity contribution is 0.0420. The Hall–Kier alpha value is -0.900. The maximum absolute atomic E-state index is 5.78. The average molecular weight is 488 g/mol. The lowest BCUT2D eigenvalue weighted by Gasteiger charge is -2.28. The van der Waals surface area contributed by atoms with Gasteiger partial charge in [0.1, 0.15) is 0 Å². The fourth-order valence-electron chi connectivity index (χ4n) is 3.47. The third-order valence-corrected chi connectivity index (χ3v) is 5.01. The quantitative estimate of drug-likeness (QED) is 0.254. The zero-order chi connectivity index (χ0) is 18.0. The van der Waals surface area contributed by atoms with Crippen molar-refractivity contribution in [3.63, 3.8) is 0 Å². The number of aliphatic imine (C=N–C) groups is 1. The molecular formula is C20H33IN4O2. The molecule has 0 amide bonds. The Labute approximate surface area is 180 Å². The topological polar surface area (TPSA) is 58.1 Å². The highest BCUT2D eigenvalue weighted by atomic mass is 127. The normalized spacial score (nSPS) is 20.0. The van der Waals surface area contributed by atoms with Gasteiger partial charge < -0.3 is 20.1 Å². The molecule has 1 aromatic carbocycles.